The van der Waals surface area contributed by atoms with Crippen LogP contribution in [0.5, 0.6) is 5.75 Å². The Labute approximate surface area is 122 Å². The van der Waals surface area contributed by atoms with Crippen molar-refractivity contribution in [2.24, 2.45) is 5.92 Å². The molecule has 3 rings (SSSR count). The van der Waals surface area contributed by atoms with Crippen molar-refractivity contribution in [1.29, 1.82) is 0 Å². The van der Waals surface area contributed by atoms with Gasteiger partial charge in [-0.25, -0.2) is 0 Å². The maximum atomic E-state index is 12.6. The third kappa shape index (κ3) is 2.44. The minimum absolute atomic E-state index is 0.121. The third-order valence-electron chi connectivity index (χ3n) is 3.86. The molecule has 4 heteroatoms. The monoisotopic (exact) mass is 281 g/mol. The first kappa shape index (κ1) is 13.5. The molecule has 1 unspecified atom stereocenters. The number of hydrogen-bond donors (Lipinski definition) is 0. The van der Waals surface area contributed by atoms with Gasteiger partial charge in [-0.1, -0.05) is 6.07 Å². The van der Waals surface area contributed by atoms with E-state index < -0.39 is 5.92 Å². The molecule has 1 aromatic carbocycles. The summed E-state index contributed by atoms with van der Waals surface area (Å²) in [6.07, 6.45) is 4.39. The number of fused-ring (bicyclic) bond motifs is 1. The number of pyridine rings is 1. The highest BCUT2D eigenvalue weighted by Crippen LogP contribution is 2.30. The van der Waals surface area contributed by atoms with Gasteiger partial charge in [0.05, 0.1) is 13.0 Å². The molecular formula is C17H15NO3. The van der Waals surface area contributed by atoms with Gasteiger partial charge in [0.1, 0.15) is 5.75 Å². The van der Waals surface area contributed by atoms with Gasteiger partial charge in [0.15, 0.2) is 11.6 Å². The molecule has 0 N–H and O–H groups in total. The summed E-state index contributed by atoms with van der Waals surface area (Å²) in [5, 5.41) is 0. The number of carbonyl (C=O) groups excluding carboxylic acids is 2. The minimum Gasteiger partial charge on any atom is -0.497 e. The van der Waals surface area contributed by atoms with Gasteiger partial charge in [-0.05, 0) is 42.7 Å². The maximum Gasteiger partial charge on any atom is 0.175 e. The van der Waals surface area contributed by atoms with Gasteiger partial charge in [-0.15, -0.1) is 0 Å². The lowest BCUT2D eigenvalue weighted by atomic mass is 9.79. The molecule has 2 aromatic rings. The van der Waals surface area contributed by atoms with Crippen LogP contribution in [0.2, 0.25) is 0 Å². The van der Waals surface area contributed by atoms with Crippen LogP contribution >= 0.6 is 0 Å². The Hall–Kier alpha value is -2.49. The lowest BCUT2D eigenvalue weighted by molar-refractivity contribution is 0.0790. The Morgan fingerprint density at radius 1 is 1.33 bits per heavy atom. The summed E-state index contributed by atoms with van der Waals surface area (Å²) in [6.45, 7) is 0. The molecule has 21 heavy (non-hydrogen) atoms. The number of benzene rings is 1. The second kappa shape index (κ2) is 5.48. The van der Waals surface area contributed by atoms with Gasteiger partial charge in [-0.3, -0.25) is 14.6 Å². The summed E-state index contributed by atoms with van der Waals surface area (Å²) in [6, 6.07) is 8.87. The molecule has 0 fully saturated rings. The first-order chi connectivity index (χ1) is 10.2. The summed E-state index contributed by atoms with van der Waals surface area (Å²) in [5.41, 5.74) is 2.07. The smallest absolute Gasteiger partial charge is 0.175 e. The van der Waals surface area contributed by atoms with Crippen molar-refractivity contribution in [2.45, 2.75) is 12.8 Å². The number of Topliss-reactive ketones (excluding diaryl/α,β-unsaturated/α-hetero) is 2. The van der Waals surface area contributed by atoms with Crippen molar-refractivity contribution in [3.63, 3.8) is 0 Å². The van der Waals surface area contributed by atoms with Crippen molar-refractivity contribution in [3.05, 3.63) is 59.4 Å². The summed E-state index contributed by atoms with van der Waals surface area (Å²) in [5.74, 6) is -0.254. The van der Waals surface area contributed by atoms with Gasteiger partial charge in [0, 0.05) is 23.5 Å². The molecule has 0 spiro atoms. The highest BCUT2D eigenvalue weighted by molar-refractivity contribution is 6.17. The van der Waals surface area contributed by atoms with Crippen LogP contribution in [0.1, 0.15) is 32.7 Å². The fraction of sp³-hybridized carbons (Fsp3) is 0.235. The first-order valence-electron chi connectivity index (χ1n) is 6.86. The molecule has 0 bridgehead atoms. The summed E-state index contributed by atoms with van der Waals surface area (Å²) >= 11 is 0. The van der Waals surface area contributed by atoms with Crippen molar-refractivity contribution < 1.29 is 14.3 Å². The Bertz CT molecular complexity index is 694. The number of aryl methyl sites for hydroxylation is 1. The zero-order valence-electron chi connectivity index (χ0n) is 11.7. The topological polar surface area (TPSA) is 56.3 Å². The Kier molecular flexibility index (Phi) is 3.52. The number of aromatic nitrogens is 1. The van der Waals surface area contributed by atoms with E-state index in [0.717, 1.165) is 12.0 Å². The second-order valence-corrected chi connectivity index (χ2v) is 5.08. The maximum absolute atomic E-state index is 12.6. The molecule has 0 amide bonds. The molecule has 1 aliphatic rings. The molecule has 4 nitrogen and oxygen atoms in total. The second-order valence-electron chi connectivity index (χ2n) is 5.08. The number of ketones is 2. The summed E-state index contributed by atoms with van der Waals surface area (Å²) in [7, 11) is 1.56. The Balaban J connectivity index is 1.93. The number of rotatable bonds is 3. The SMILES string of the molecule is COc1ccc2c(c1)C(=O)C(C(=O)c1cccnc1)CC2. The molecular weight excluding hydrogens is 266 g/mol. The van der Waals surface area contributed by atoms with Gasteiger partial charge in [0.2, 0.25) is 0 Å². The van der Waals surface area contributed by atoms with Crippen molar-refractivity contribution in [1.82, 2.24) is 4.98 Å². The van der Waals surface area contributed by atoms with Gasteiger partial charge in [0.25, 0.3) is 0 Å². The van der Waals surface area contributed by atoms with E-state index in [0.29, 0.717) is 23.3 Å². The number of ether oxygens (including phenoxy) is 1. The molecule has 0 radical (unpaired) electrons. The van der Waals surface area contributed by atoms with Crippen LogP contribution in [0.3, 0.4) is 0 Å². The highest BCUT2D eigenvalue weighted by atomic mass is 16.5. The molecule has 1 aliphatic carbocycles. The molecule has 1 aromatic heterocycles. The van der Waals surface area contributed by atoms with E-state index in [1.165, 1.54) is 6.20 Å². The average molecular weight is 281 g/mol. The van der Waals surface area contributed by atoms with E-state index >= 15 is 0 Å². The van der Waals surface area contributed by atoms with Crippen LogP contribution < -0.4 is 4.74 Å². The van der Waals surface area contributed by atoms with Crippen LogP contribution in [0.15, 0.2) is 42.7 Å². The normalized spacial score (nSPS) is 17.2. The van der Waals surface area contributed by atoms with Crippen LogP contribution in [-0.2, 0) is 6.42 Å². The molecule has 0 saturated heterocycles. The van der Waals surface area contributed by atoms with E-state index in [1.54, 1.807) is 31.5 Å². The van der Waals surface area contributed by atoms with Crippen molar-refractivity contribution >= 4 is 11.6 Å². The quantitative estimate of drug-likeness (QED) is 0.641. The highest BCUT2D eigenvalue weighted by Gasteiger charge is 2.33. The Morgan fingerprint density at radius 2 is 2.19 bits per heavy atom. The van der Waals surface area contributed by atoms with Crippen LogP contribution in [-0.4, -0.2) is 23.7 Å². The van der Waals surface area contributed by atoms with E-state index in [-0.39, 0.29) is 11.6 Å². The fourth-order valence-corrected chi connectivity index (χ4v) is 2.71. The van der Waals surface area contributed by atoms with Crippen LogP contribution in [0, 0.1) is 5.92 Å². The molecule has 1 atom stereocenters. The van der Waals surface area contributed by atoms with Gasteiger partial charge in [-0.2, -0.15) is 0 Å². The Morgan fingerprint density at radius 3 is 2.90 bits per heavy atom. The number of methoxy groups -OCH3 is 1. The predicted molar refractivity (Wildman–Crippen MR) is 77.7 cm³/mol. The predicted octanol–water partition coefficient (Wildman–Crippen LogP) is 2.72. The zero-order chi connectivity index (χ0) is 14.8. The standard InChI is InChI=1S/C17H15NO3/c1-21-13-6-4-11-5-7-14(17(20)15(11)9-13)16(19)12-3-2-8-18-10-12/h2-4,6,8-10,14H,5,7H2,1H3. The van der Waals surface area contributed by atoms with E-state index in [1.807, 2.05) is 12.1 Å². The van der Waals surface area contributed by atoms with E-state index in [4.69, 9.17) is 4.74 Å². The summed E-state index contributed by atoms with van der Waals surface area (Å²) < 4.78 is 5.16. The third-order valence-corrected chi connectivity index (χ3v) is 3.86. The van der Waals surface area contributed by atoms with E-state index in [2.05, 4.69) is 4.98 Å². The first-order valence-corrected chi connectivity index (χ1v) is 6.86. The number of carbonyl (C=O) groups is 2. The lowest BCUT2D eigenvalue weighted by Crippen LogP contribution is -2.29. The average Bonchev–Trinajstić information content (AvgIpc) is 2.55. The van der Waals surface area contributed by atoms with Gasteiger partial charge >= 0.3 is 0 Å². The molecule has 1 heterocycles. The lowest BCUT2D eigenvalue weighted by Gasteiger charge is -2.22. The molecule has 106 valence electrons. The fourth-order valence-electron chi connectivity index (χ4n) is 2.71. The van der Waals surface area contributed by atoms with Gasteiger partial charge < -0.3 is 4.74 Å². The van der Waals surface area contributed by atoms with Crippen LogP contribution in [0.25, 0.3) is 0 Å². The summed E-state index contributed by atoms with van der Waals surface area (Å²) in [4.78, 5) is 29.0. The molecule has 0 saturated carbocycles. The van der Waals surface area contributed by atoms with Crippen molar-refractivity contribution in [2.75, 3.05) is 7.11 Å². The molecule has 0 aliphatic heterocycles. The number of hydrogen-bond acceptors (Lipinski definition) is 4. The zero-order valence-corrected chi connectivity index (χ0v) is 11.7. The number of nitrogens with zero attached hydrogens (tertiary/aromatic N) is 1. The largest absolute Gasteiger partial charge is 0.497 e. The van der Waals surface area contributed by atoms with Crippen LogP contribution in [0.4, 0.5) is 0 Å². The van der Waals surface area contributed by atoms with E-state index in [9.17, 15) is 9.59 Å². The minimum atomic E-state index is -0.617. The van der Waals surface area contributed by atoms with Crippen molar-refractivity contribution in [3.8, 4) is 5.75 Å².